The Labute approximate surface area is 222 Å². The van der Waals surface area contributed by atoms with Crippen LogP contribution < -0.4 is 4.90 Å². The molecule has 8 nitrogen and oxygen atoms in total. The number of alkyl halides is 3. The summed E-state index contributed by atoms with van der Waals surface area (Å²) in [6.45, 7) is 1.00. The lowest BCUT2D eigenvalue weighted by Crippen LogP contribution is -2.48. The minimum absolute atomic E-state index is 0.106. The standard InChI is InChI=1S/C27H27F4N5O3/c1-34(18-8-11-35(12-9-18)24-21(28)14-32-15-33-24)25(37)17-5-4-16-6-7-22(20(16)13-17)36-10-2-3-19(26(38)39)23(36)27(29,30)31/h2-5,10,13-15,18,22-23H,6-9,11-12H2,1H3,(H,38,39). The number of rotatable bonds is 5. The molecule has 1 N–H and O–H groups in total. The molecule has 1 aliphatic carbocycles. The predicted octanol–water partition coefficient (Wildman–Crippen LogP) is 4.12. The lowest BCUT2D eigenvalue weighted by atomic mass is 9.96. The van der Waals surface area contributed by atoms with Gasteiger partial charge in [0.15, 0.2) is 17.7 Å². The summed E-state index contributed by atoms with van der Waals surface area (Å²) in [5.41, 5.74) is 1.04. The van der Waals surface area contributed by atoms with Crippen molar-refractivity contribution in [1.82, 2.24) is 19.8 Å². The van der Waals surface area contributed by atoms with E-state index in [4.69, 9.17) is 0 Å². The number of aliphatic carboxylic acids is 1. The Hall–Kier alpha value is -3.96. The normalized spacial score (nSPS) is 21.5. The molecule has 206 valence electrons. The van der Waals surface area contributed by atoms with Crippen molar-refractivity contribution in [2.45, 2.75) is 50.0 Å². The summed E-state index contributed by atoms with van der Waals surface area (Å²) in [5, 5.41) is 9.42. The molecule has 1 aromatic carbocycles. The number of benzene rings is 1. The van der Waals surface area contributed by atoms with Gasteiger partial charge in [0.2, 0.25) is 0 Å². The van der Waals surface area contributed by atoms with Gasteiger partial charge in [-0.3, -0.25) is 4.79 Å². The number of carbonyl (C=O) groups excluding carboxylic acids is 1. The van der Waals surface area contributed by atoms with Crippen molar-refractivity contribution in [3.05, 3.63) is 77.2 Å². The summed E-state index contributed by atoms with van der Waals surface area (Å²) in [7, 11) is 1.69. The van der Waals surface area contributed by atoms with Gasteiger partial charge in [-0.15, -0.1) is 0 Å². The number of amides is 1. The highest BCUT2D eigenvalue weighted by Gasteiger charge is 2.50. The highest BCUT2D eigenvalue weighted by atomic mass is 19.4. The highest BCUT2D eigenvalue weighted by molar-refractivity contribution is 5.94. The average molecular weight is 546 g/mol. The zero-order valence-corrected chi connectivity index (χ0v) is 21.1. The van der Waals surface area contributed by atoms with E-state index < -0.39 is 35.6 Å². The number of halogens is 4. The van der Waals surface area contributed by atoms with E-state index in [1.807, 2.05) is 4.90 Å². The van der Waals surface area contributed by atoms with Crippen molar-refractivity contribution in [2.24, 2.45) is 0 Å². The first-order valence-corrected chi connectivity index (χ1v) is 12.6. The second-order valence-electron chi connectivity index (χ2n) is 9.96. The minimum atomic E-state index is -4.80. The SMILES string of the molecule is CN(C(=O)c1ccc2c(c1)C(N1C=CC=C(C(=O)O)C1C(F)(F)F)CC2)C1CCN(c2ncncc2F)CC1. The van der Waals surface area contributed by atoms with Crippen LogP contribution in [0.15, 0.2) is 54.6 Å². The van der Waals surface area contributed by atoms with Crippen LogP contribution in [-0.4, -0.2) is 75.1 Å². The monoisotopic (exact) mass is 545 g/mol. The van der Waals surface area contributed by atoms with E-state index in [1.54, 1.807) is 30.1 Å². The maximum Gasteiger partial charge on any atom is 0.413 e. The molecule has 2 unspecified atom stereocenters. The van der Waals surface area contributed by atoms with Crippen molar-refractivity contribution >= 4 is 17.7 Å². The molecule has 1 amide bonds. The predicted molar refractivity (Wildman–Crippen MR) is 133 cm³/mol. The molecule has 1 saturated heterocycles. The van der Waals surface area contributed by atoms with Gasteiger partial charge in [-0.05, 0) is 61.1 Å². The van der Waals surface area contributed by atoms with Gasteiger partial charge in [0, 0.05) is 37.9 Å². The van der Waals surface area contributed by atoms with Crippen molar-refractivity contribution in [1.29, 1.82) is 0 Å². The molecule has 1 aromatic heterocycles. The number of carboxylic acid groups (broad SMARTS) is 1. The Bertz CT molecular complexity index is 1340. The average Bonchev–Trinajstić information content (AvgIpc) is 3.35. The number of allylic oxidation sites excluding steroid dienone is 2. The molecular weight excluding hydrogens is 518 g/mol. The Morgan fingerprint density at radius 3 is 2.56 bits per heavy atom. The van der Waals surface area contributed by atoms with Gasteiger partial charge in [0.05, 0.1) is 17.8 Å². The number of carbonyl (C=O) groups is 2. The van der Waals surface area contributed by atoms with Crippen molar-refractivity contribution in [3.63, 3.8) is 0 Å². The van der Waals surface area contributed by atoms with Crippen LogP contribution in [-0.2, 0) is 11.2 Å². The summed E-state index contributed by atoms with van der Waals surface area (Å²) in [6.07, 6.45) is 3.24. The minimum Gasteiger partial charge on any atom is -0.478 e. The highest BCUT2D eigenvalue weighted by Crippen LogP contribution is 2.43. The van der Waals surface area contributed by atoms with Gasteiger partial charge < -0.3 is 19.8 Å². The molecule has 12 heteroatoms. The largest absolute Gasteiger partial charge is 0.478 e. The fourth-order valence-electron chi connectivity index (χ4n) is 5.80. The van der Waals surface area contributed by atoms with Crippen molar-refractivity contribution in [2.75, 3.05) is 25.0 Å². The molecular formula is C27H27F4N5O3. The van der Waals surface area contributed by atoms with Crippen molar-refractivity contribution < 1.29 is 32.3 Å². The third-order valence-corrected chi connectivity index (χ3v) is 7.76. The quantitative estimate of drug-likeness (QED) is 0.566. The number of fused-ring (bicyclic) bond motifs is 1. The number of hydrogen-bond donors (Lipinski definition) is 1. The van der Waals surface area contributed by atoms with Crippen LogP contribution in [0.3, 0.4) is 0 Å². The Morgan fingerprint density at radius 1 is 1.15 bits per heavy atom. The Kier molecular flexibility index (Phi) is 7.04. The summed E-state index contributed by atoms with van der Waals surface area (Å²) in [5.74, 6) is -2.16. The molecule has 0 bridgehead atoms. The number of piperidine rings is 1. The molecule has 2 atom stereocenters. The van der Waals surface area contributed by atoms with Gasteiger partial charge >= 0.3 is 12.1 Å². The first kappa shape index (κ1) is 26.6. The van der Waals surface area contributed by atoms with Gasteiger partial charge in [0.1, 0.15) is 6.33 Å². The number of anilines is 1. The molecule has 0 radical (unpaired) electrons. The van der Waals surface area contributed by atoms with E-state index in [2.05, 4.69) is 9.97 Å². The first-order chi connectivity index (χ1) is 18.6. The second-order valence-corrected chi connectivity index (χ2v) is 9.96. The number of aryl methyl sites for hydroxylation is 1. The van der Waals surface area contributed by atoms with Crippen LogP contribution in [0.5, 0.6) is 0 Å². The maximum atomic E-state index is 14.1. The van der Waals surface area contributed by atoms with Crippen LogP contribution in [0.2, 0.25) is 0 Å². The maximum absolute atomic E-state index is 14.1. The van der Waals surface area contributed by atoms with Crippen LogP contribution >= 0.6 is 0 Å². The van der Waals surface area contributed by atoms with E-state index in [1.165, 1.54) is 18.6 Å². The fourth-order valence-corrected chi connectivity index (χ4v) is 5.80. The number of hydrogen-bond acceptors (Lipinski definition) is 6. The van der Waals surface area contributed by atoms with Crippen molar-refractivity contribution in [3.8, 4) is 0 Å². The van der Waals surface area contributed by atoms with E-state index >= 15 is 0 Å². The van der Waals surface area contributed by atoms with Gasteiger partial charge in [-0.2, -0.15) is 13.2 Å². The molecule has 39 heavy (non-hydrogen) atoms. The molecule has 0 saturated carbocycles. The van der Waals surface area contributed by atoms with E-state index in [-0.39, 0.29) is 17.8 Å². The summed E-state index contributed by atoms with van der Waals surface area (Å²) < 4.78 is 56.2. The molecule has 2 aromatic rings. The lowest BCUT2D eigenvalue weighted by Gasteiger charge is -2.39. The van der Waals surface area contributed by atoms with Crippen LogP contribution in [0.25, 0.3) is 0 Å². The van der Waals surface area contributed by atoms with Gasteiger partial charge in [-0.25, -0.2) is 19.2 Å². The zero-order chi connectivity index (χ0) is 27.9. The fraction of sp³-hybridized carbons (Fsp3) is 0.407. The lowest BCUT2D eigenvalue weighted by molar-refractivity contribution is -0.176. The zero-order valence-electron chi connectivity index (χ0n) is 21.1. The molecule has 0 spiro atoms. The van der Waals surface area contributed by atoms with Crippen LogP contribution in [0.1, 0.15) is 46.8 Å². The van der Waals surface area contributed by atoms with Crippen LogP contribution in [0, 0.1) is 5.82 Å². The topological polar surface area (TPSA) is 89.9 Å². The number of nitrogens with zero attached hydrogens (tertiary/aromatic N) is 5. The summed E-state index contributed by atoms with van der Waals surface area (Å²) in [6, 6.07) is 1.96. The Balaban J connectivity index is 1.33. The first-order valence-electron chi connectivity index (χ1n) is 12.6. The van der Waals surface area contributed by atoms with Crippen LogP contribution in [0.4, 0.5) is 23.4 Å². The molecule has 1 fully saturated rings. The summed E-state index contributed by atoms with van der Waals surface area (Å²) >= 11 is 0. The number of aromatic nitrogens is 2. The van der Waals surface area contributed by atoms with Gasteiger partial charge in [0.25, 0.3) is 5.91 Å². The van der Waals surface area contributed by atoms with E-state index in [0.29, 0.717) is 49.9 Å². The number of carboxylic acids is 1. The summed E-state index contributed by atoms with van der Waals surface area (Å²) in [4.78, 5) is 37.2. The molecule has 3 aliphatic rings. The van der Waals surface area contributed by atoms with Gasteiger partial charge in [-0.1, -0.05) is 6.07 Å². The van der Waals surface area contributed by atoms with E-state index in [0.717, 1.165) is 22.7 Å². The molecule has 3 heterocycles. The molecule has 2 aliphatic heterocycles. The second kappa shape index (κ2) is 10.3. The third kappa shape index (κ3) is 5.07. The smallest absolute Gasteiger partial charge is 0.413 e. The Morgan fingerprint density at radius 2 is 1.90 bits per heavy atom. The molecule has 5 rings (SSSR count). The third-order valence-electron chi connectivity index (χ3n) is 7.76. The van der Waals surface area contributed by atoms with E-state index in [9.17, 15) is 32.3 Å².